The number of hydrogen-bond acceptors (Lipinski definition) is 4. The lowest BCUT2D eigenvalue weighted by atomic mass is 9.95. The van der Waals surface area contributed by atoms with E-state index in [1.54, 1.807) is 18.2 Å². The first-order valence-corrected chi connectivity index (χ1v) is 11.0. The van der Waals surface area contributed by atoms with E-state index in [4.69, 9.17) is 16.3 Å². The molecule has 7 heteroatoms. The molecule has 162 valence electrons. The van der Waals surface area contributed by atoms with Crippen LogP contribution in [0.3, 0.4) is 0 Å². The lowest BCUT2D eigenvalue weighted by Gasteiger charge is -2.26. The highest BCUT2D eigenvalue weighted by atomic mass is 35.5. The van der Waals surface area contributed by atoms with Crippen molar-refractivity contribution in [3.63, 3.8) is 0 Å². The Labute approximate surface area is 186 Å². The number of aromatic amines is 1. The molecular formula is C24H26ClN3O3. The van der Waals surface area contributed by atoms with E-state index in [-0.39, 0.29) is 17.7 Å². The number of benzene rings is 2. The molecule has 1 aliphatic rings. The van der Waals surface area contributed by atoms with Crippen LogP contribution in [0.25, 0.3) is 11.3 Å². The van der Waals surface area contributed by atoms with Crippen LogP contribution in [0.2, 0.25) is 5.02 Å². The molecule has 0 aliphatic carbocycles. The second-order valence-electron chi connectivity index (χ2n) is 7.69. The Kier molecular flexibility index (Phi) is 6.18. The Hall–Kier alpha value is -2.99. The van der Waals surface area contributed by atoms with E-state index in [2.05, 4.69) is 24.0 Å². The predicted octanol–water partition coefficient (Wildman–Crippen LogP) is 5.57. The Morgan fingerprint density at radius 1 is 1.16 bits per heavy atom. The smallest absolute Gasteiger partial charge is 0.273 e. The quantitative estimate of drug-likeness (QED) is 0.481. The van der Waals surface area contributed by atoms with Gasteiger partial charge < -0.3 is 14.7 Å². The molecule has 4 rings (SSSR count). The average molecular weight is 440 g/mol. The number of aromatic hydroxyl groups is 1. The predicted molar refractivity (Wildman–Crippen MR) is 121 cm³/mol. The van der Waals surface area contributed by atoms with Crippen LogP contribution in [-0.2, 0) is 0 Å². The van der Waals surface area contributed by atoms with Crippen LogP contribution in [0, 0.1) is 0 Å². The summed E-state index contributed by atoms with van der Waals surface area (Å²) < 4.78 is 5.72. The molecule has 0 fully saturated rings. The fraction of sp³-hybridized carbons (Fsp3) is 0.333. The number of phenolic OH excluding ortho intramolecular Hbond substituents is 1. The summed E-state index contributed by atoms with van der Waals surface area (Å²) >= 11 is 6.18. The van der Waals surface area contributed by atoms with Crippen LogP contribution >= 0.6 is 11.6 Å². The summed E-state index contributed by atoms with van der Waals surface area (Å²) in [7, 11) is 0. The van der Waals surface area contributed by atoms with Crippen molar-refractivity contribution < 1.29 is 14.6 Å². The molecule has 2 N–H and O–H groups in total. The maximum absolute atomic E-state index is 13.2. The topological polar surface area (TPSA) is 78.5 Å². The number of phenols is 1. The van der Waals surface area contributed by atoms with Gasteiger partial charge in [0.05, 0.1) is 12.6 Å². The first-order chi connectivity index (χ1) is 15.0. The fourth-order valence-electron chi connectivity index (χ4n) is 3.97. The minimum atomic E-state index is -0.304. The number of aromatic nitrogens is 2. The van der Waals surface area contributed by atoms with Crippen LogP contribution < -0.4 is 4.74 Å². The van der Waals surface area contributed by atoms with Gasteiger partial charge in [0.25, 0.3) is 5.91 Å². The third-order valence-corrected chi connectivity index (χ3v) is 5.73. The number of hydrogen-bond donors (Lipinski definition) is 2. The Bertz CT molecular complexity index is 1080. The molecule has 1 aliphatic heterocycles. The first-order valence-electron chi connectivity index (χ1n) is 10.7. The molecule has 31 heavy (non-hydrogen) atoms. The molecule has 6 nitrogen and oxygen atoms in total. The summed E-state index contributed by atoms with van der Waals surface area (Å²) in [5.74, 6) is 0.787. The van der Waals surface area contributed by atoms with Gasteiger partial charge in [0.15, 0.2) is 0 Å². The van der Waals surface area contributed by atoms with Crippen LogP contribution in [0.15, 0.2) is 42.5 Å². The van der Waals surface area contributed by atoms with Crippen molar-refractivity contribution in [3.05, 3.63) is 64.3 Å². The Morgan fingerprint density at radius 3 is 2.65 bits per heavy atom. The highest BCUT2D eigenvalue weighted by molar-refractivity contribution is 6.31. The van der Waals surface area contributed by atoms with Gasteiger partial charge in [-0.1, -0.05) is 44.0 Å². The third-order valence-electron chi connectivity index (χ3n) is 5.50. The van der Waals surface area contributed by atoms with Gasteiger partial charge in [-0.25, -0.2) is 0 Å². The van der Waals surface area contributed by atoms with Gasteiger partial charge in [0.1, 0.15) is 22.9 Å². The molecule has 0 spiro atoms. The molecular weight excluding hydrogens is 414 g/mol. The molecule has 2 aromatic carbocycles. The zero-order chi connectivity index (χ0) is 22.0. The number of unbranched alkanes of at least 4 members (excludes halogenated alkanes) is 1. The number of halogens is 1. The molecule has 1 atom stereocenters. The van der Waals surface area contributed by atoms with Crippen molar-refractivity contribution in [2.45, 2.75) is 39.2 Å². The fourth-order valence-corrected chi connectivity index (χ4v) is 4.14. The van der Waals surface area contributed by atoms with E-state index in [1.807, 2.05) is 29.2 Å². The maximum Gasteiger partial charge on any atom is 0.273 e. The van der Waals surface area contributed by atoms with E-state index in [9.17, 15) is 9.90 Å². The zero-order valence-corrected chi connectivity index (χ0v) is 18.4. The number of nitrogens with one attached hydrogen (secondary N) is 1. The molecule has 3 aromatic rings. The normalized spacial score (nSPS) is 15.4. The first kappa shape index (κ1) is 21.2. The van der Waals surface area contributed by atoms with E-state index in [0.29, 0.717) is 35.1 Å². The average Bonchev–Trinajstić information content (AvgIpc) is 3.32. The minimum absolute atomic E-state index is 0.0696. The SMILES string of the molecule is CCCCN1C(=O)c2[nH]nc(-c3cc(Cl)ccc3O)c2C1c1ccc(OCCC)cc1. The Balaban J connectivity index is 1.80. The van der Waals surface area contributed by atoms with Crippen LogP contribution in [0.4, 0.5) is 0 Å². The van der Waals surface area contributed by atoms with Gasteiger partial charge in [0.2, 0.25) is 0 Å². The zero-order valence-electron chi connectivity index (χ0n) is 17.7. The molecule has 0 saturated carbocycles. The number of ether oxygens (including phenoxy) is 1. The van der Waals surface area contributed by atoms with Gasteiger partial charge in [-0.05, 0) is 48.7 Å². The highest BCUT2D eigenvalue weighted by Gasteiger charge is 2.42. The van der Waals surface area contributed by atoms with E-state index in [0.717, 1.165) is 36.1 Å². The van der Waals surface area contributed by atoms with Gasteiger partial charge in [0, 0.05) is 22.7 Å². The summed E-state index contributed by atoms with van der Waals surface area (Å²) in [6.45, 7) is 5.47. The highest BCUT2D eigenvalue weighted by Crippen LogP contribution is 2.45. The molecule has 1 unspecified atom stereocenters. The molecule has 1 aromatic heterocycles. The molecule has 0 bridgehead atoms. The van der Waals surface area contributed by atoms with Crippen LogP contribution in [0.1, 0.15) is 60.8 Å². The lowest BCUT2D eigenvalue weighted by Crippen LogP contribution is -2.30. The minimum Gasteiger partial charge on any atom is -0.507 e. The van der Waals surface area contributed by atoms with E-state index in [1.165, 1.54) is 0 Å². The number of H-pyrrole nitrogens is 1. The number of carbonyl (C=O) groups is 1. The van der Waals surface area contributed by atoms with Crippen molar-refractivity contribution in [1.82, 2.24) is 15.1 Å². The second kappa shape index (κ2) is 9.02. The lowest BCUT2D eigenvalue weighted by molar-refractivity contribution is 0.0741. The van der Waals surface area contributed by atoms with Gasteiger partial charge in [-0.2, -0.15) is 5.10 Å². The number of amides is 1. The number of carbonyl (C=O) groups excluding carboxylic acids is 1. The van der Waals surface area contributed by atoms with Crippen molar-refractivity contribution >= 4 is 17.5 Å². The summed E-state index contributed by atoms with van der Waals surface area (Å²) in [6.07, 6.45) is 2.82. The molecule has 2 heterocycles. The molecule has 1 amide bonds. The van der Waals surface area contributed by atoms with Gasteiger partial charge in [-0.3, -0.25) is 9.89 Å². The van der Waals surface area contributed by atoms with Gasteiger partial charge in [-0.15, -0.1) is 0 Å². The summed E-state index contributed by atoms with van der Waals surface area (Å²) in [5, 5.41) is 18.3. The second-order valence-corrected chi connectivity index (χ2v) is 8.13. The van der Waals surface area contributed by atoms with Crippen molar-refractivity contribution in [2.75, 3.05) is 13.2 Å². The maximum atomic E-state index is 13.2. The van der Waals surface area contributed by atoms with Crippen LogP contribution in [-0.4, -0.2) is 39.3 Å². The van der Waals surface area contributed by atoms with Crippen molar-refractivity contribution in [3.8, 4) is 22.8 Å². The van der Waals surface area contributed by atoms with Crippen LogP contribution in [0.5, 0.6) is 11.5 Å². The van der Waals surface area contributed by atoms with Gasteiger partial charge >= 0.3 is 0 Å². The van der Waals surface area contributed by atoms with Crippen molar-refractivity contribution in [2.24, 2.45) is 0 Å². The Morgan fingerprint density at radius 2 is 1.94 bits per heavy atom. The van der Waals surface area contributed by atoms with Crippen molar-refractivity contribution in [1.29, 1.82) is 0 Å². The number of rotatable bonds is 8. The standard InChI is InChI=1S/C24H26ClN3O3/c1-3-5-12-28-23(15-6-9-17(10-7-15)31-13-4-2)20-21(26-27-22(20)24(28)30)18-14-16(25)8-11-19(18)29/h6-11,14,23,29H,3-5,12-13H2,1-2H3,(H,26,27). The summed E-state index contributed by atoms with van der Waals surface area (Å²) in [6, 6.07) is 12.4. The molecule has 0 saturated heterocycles. The van der Waals surface area contributed by atoms with E-state index >= 15 is 0 Å². The van der Waals surface area contributed by atoms with E-state index < -0.39 is 0 Å². The monoisotopic (exact) mass is 439 g/mol. The summed E-state index contributed by atoms with van der Waals surface area (Å²) in [4.78, 5) is 15.1. The molecule has 0 radical (unpaired) electrons. The number of fused-ring (bicyclic) bond motifs is 1. The largest absolute Gasteiger partial charge is 0.507 e. The number of nitrogens with zero attached hydrogens (tertiary/aromatic N) is 2. The third kappa shape index (κ3) is 4.00. The summed E-state index contributed by atoms with van der Waals surface area (Å²) in [5.41, 5.74) is 3.24.